The van der Waals surface area contributed by atoms with Crippen molar-refractivity contribution in [1.29, 1.82) is 0 Å². The number of halogens is 1. The van der Waals surface area contributed by atoms with Gasteiger partial charge >= 0.3 is 0 Å². The van der Waals surface area contributed by atoms with Gasteiger partial charge in [0.25, 0.3) is 11.6 Å². The minimum absolute atomic E-state index is 0.0150. The number of aromatic nitrogens is 2. The van der Waals surface area contributed by atoms with Gasteiger partial charge < -0.3 is 10.2 Å². The topological polar surface area (TPSA) is 140 Å². The van der Waals surface area contributed by atoms with Crippen molar-refractivity contribution in [2.45, 2.75) is 42.5 Å². The number of amides is 1. The second-order valence-corrected chi connectivity index (χ2v) is 14.0. The number of hydrogen-bond acceptors (Lipinski definition) is 8. The van der Waals surface area contributed by atoms with Gasteiger partial charge in [-0.2, -0.15) is 5.10 Å². The van der Waals surface area contributed by atoms with E-state index in [4.69, 9.17) is 21.7 Å². The van der Waals surface area contributed by atoms with Crippen molar-refractivity contribution < 1.29 is 18.1 Å². The minimum atomic E-state index is -3.79. The van der Waals surface area contributed by atoms with Gasteiger partial charge in [-0.05, 0) is 78.6 Å². The summed E-state index contributed by atoms with van der Waals surface area (Å²) in [7, 11) is -3.79. The molecule has 5 aromatic rings. The highest BCUT2D eigenvalue weighted by Gasteiger charge is 2.43. The lowest BCUT2D eigenvalue weighted by molar-refractivity contribution is -0.384. The lowest BCUT2D eigenvalue weighted by atomic mass is 9.93. The van der Waals surface area contributed by atoms with Gasteiger partial charge in [-0.3, -0.25) is 14.9 Å². The molecule has 11 nitrogen and oxygen atoms in total. The molecule has 47 heavy (non-hydrogen) atoms. The Balaban J connectivity index is 1.37. The van der Waals surface area contributed by atoms with Crippen LogP contribution in [0.3, 0.4) is 0 Å². The molecule has 0 saturated carbocycles. The number of sulfone groups is 1. The number of nitrogens with one attached hydrogen (secondary N) is 1. The van der Waals surface area contributed by atoms with Crippen molar-refractivity contribution in [1.82, 2.24) is 9.78 Å². The quantitative estimate of drug-likeness (QED) is 0.148. The molecule has 4 aromatic carbocycles. The number of nitro benzene ring substituents is 1. The molecule has 7 rings (SSSR count). The maximum absolute atomic E-state index is 13.5. The first-order chi connectivity index (χ1) is 22.5. The molecule has 0 unspecified atom stereocenters. The first-order valence-corrected chi connectivity index (χ1v) is 16.6. The van der Waals surface area contributed by atoms with E-state index in [0.29, 0.717) is 39.7 Å². The summed E-state index contributed by atoms with van der Waals surface area (Å²) in [6.45, 7) is 5.88. The summed E-state index contributed by atoms with van der Waals surface area (Å²) in [6, 6.07) is 24.2. The van der Waals surface area contributed by atoms with Crippen molar-refractivity contribution in [3.8, 4) is 5.69 Å². The van der Waals surface area contributed by atoms with Crippen LogP contribution < -0.4 is 10.2 Å². The minimum Gasteiger partial charge on any atom is -0.317 e. The van der Waals surface area contributed by atoms with E-state index in [9.17, 15) is 23.3 Å². The number of para-hydroxylation sites is 2. The Morgan fingerprint density at radius 3 is 2.28 bits per heavy atom. The van der Waals surface area contributed by atoms with Gasteiger partial charge in [0.1, 0.15) is 5.02 Å². The fourth-order valence-electron chi connectivity index (χ4n) is 6.01. The number of nitrogens with zero attached hydrogens (tertiary/aromatic N) is 5. The fourth-order valence-corrected chi connectivity index (χ4v) is 7.46. The summed E-state index contributed by atoms with van der Waals surface area (Å²) in [6.07, 6.45) is 0. The Morgan fingerprint density at radius 1 is 0.957 bits per heavy atom. The lowest BCUT2D eigenvalue weighted by Gasteiger charge is -2.40. The number of anilines is 2. The van der Waals surface area contributed by atoms with E-state index in [1.807, 2.05) is 38.1 Å². The molecule has 0 radical (unpaired) electrons. The van der Waals surface area contributed by atoms with Crippen LogP contribution in [0.2, 0.25) is 5.02 Å². The van der Waals surface area contributed by atoms with Crippen LogP contribution in [0.15, 0.2) is 106 Å². The summed E-state index contributed by atoms with van der Waals surface area (Å²) in [5.74, 6) is 0.224. The number of amidine groups is 1. The van der Waals surface area contributed by atoms with Crippen LogP contribution in [0.1, 0.15) is 48.2 Å². The van der Waals surface area contributed by atoms with Crippen molar-refractivity contribution in [3.63, 3.8) is 0 Å². The van der Waals surface area contributed by atoms with Crippen LogP contribution in [0.25, 0.3) is 5.69 Å². The molecule has 0 bridgehead atoms. The molecule has 13 heteroatoms. The van der Waals surface area contributed by atoms with Crippen molar-refractivity contribution in [2.75, 3.05) is 10.2 Å². The smallest absolute Gasteiger partial charge is 0.291 e. The Bertz CT molecular complexity index is 2250. The molecule has 2 aliphatic heterocycles. The Morgan fingerprint density at radius 2 is 1.62 bits per heavy atom. The largest absolute Gasteiger partial charge is 0.317 e. The predicted octanol–water partition coefficient (Wildman–Crippen LogP) is 7.29. The highest BCUT2D eigenvalue weighted by Crippen LogP contribution is 2.48. The third kappa shape index (κ3) is 4.97. The standard InChI is InChI=1S/C34H27ClN6O5S/c1-19(2)21-8-13-24(14-9-21)47(45,46)25-15-11-23(12-16-25)40-32-30(20(3)38-40)31(22-10-17-26(35)29(18-22)41(43)44)39-28-7-5-4-6-27(28)36-34(42)33(39)37-32/h4-19,31H,1-3H3,(H,36,42)/t31-/m1/s1. The predicted molar refractivity (Wildman–Crippen MR) is 179 cm³/mol. The number of aryl methyl sites for hydroxylation is 1. The van der Waals surface area contributed by atoms with Crippen molar-refractivity contribution in [2.24, 2.45) is 4.99 Å². The van der Waals surface area contributed by atoms with Gasteiger partial charge in [0.15, 0.2) is 5.82 Å². The molecule has 1 N–H and O–H groups in total. The van der Waals surface area contributed by atoms with Crippen LogP contribution >= 0.6 is 11.6 Å². The third-order valence-electron chi connectivity index (χ3n) is 8.40. The first-order valence-electron chi connectivity index (χ1n) is 14.7. The van der Waals surface area contributed by atoms with E-state index in [1.54, 1.807) is 59.0 Å². The average molecular weight is 667 g/mol. The monoisotopic (exact) mass is 666 g/mol. The van der Waals surface area contributed by atoms with Crippen molar-refractivity contribution in [3.05, 3.63) is 129 Å². The Labute approximate surface area is 275 Å². The van der Waals surface area contributed by atoms with E-state index in [1.165, 1.54) is 24.3 Å². The number of nitro groups is 1. The summed E-state index contributed by atoms with van der Waals surface area (Å²) in [4.78, 5) is 31.7. The van der Waals surface area contributed by atoms with Crippen LogP contribution in [0, 0.1) is 17.0 Å². The first kappa shape index (κ1) is 30.3. The number of carbonyl (C=O) groups is 1. The van der Waals surface area contributed by atoms with Gasteiger partial charge in [0.2, 0.25) is 15.7 Å². The van der Waals surface area contributed by atoms with Gasteiger partial charge in [0, 0.05) is 11.6 Å². The van der Waals surface area contributed by atoms with Crippen LogP contribution in [-0.4, -0.2) is 34.9 Å². The maximum Gasteiger partial charge on any atom is 0.291 e. The summed E-state index contributed by atoms with van der Waals surface area (Å²) >= 11 is 6.19. The van der Waals surface area contributed by atoms with Crippen molar-refractivity contribution >= 4 is 56.1 Å². The maximum atomic E-state index is 13.5. The summed E-state index contributed by atoms with van der Waals surface area (Å²) in [5, 5.41) is 19.5. The van der Waals surface area contributed by atoms with Gasteiger partial charge in [-0.15, -0.1) is 0 Å². The number of fused-ring (bicyclic) bond motifs is 4. The second-order valence-electron chi connectivity index (χ2n) is 11.6. The molecule has 0 aliphatic carbocycles. The molecule has 2 aliphatic rings. The van der Waals surface area contributed by atoms with E-state index >= 15 is 0 Å². The van der Waals surface area contributed by atoms with Gasteiger partial charge in [-0.1, -0.05) is 55.8 Å². The normalized spacial score (nSPS) is 15.4. The summed E-state index contributed by atoms with van der Waals surface area (Å²) in [5.41, 5.74) is 4.19. The molecule has 1 amide bonds. The number of carbonyl (C=O) groups excluding carboxylic acids is 1. The van der Waals surface area contributed by atoms with Gasteiger partial charge in [-0.25, -0.2) is 18.1 Å². The van der Waals surface area contributed by atoms with Crippen LogP contribution in [0.4, 0.5) is 22.9 Å². The van der Waals surface area contributed by atoms with Crippen LogP contribution in [0.5, 0.6) is 0 Å². The Hall–Kier alpha value is -5.33. The van der Waals surface area contributed by atoms with E-state index < -0.39 is 26.7 Å². The third-order valence-corrected chi connectivity index (χ3v) is 10.5. The molecule has 0 spiro atoms. The molecule has 0 fully saturated rings. The molecule has 1 atom stereocenters. The average Bonchev–Trinajstić information content (AvgIpc) is 3.40. The number of hydrogen-bond donors (Lipinski definition) is 1. The summed E-state index contributed by atoms with van der Waals surface area (Å²) < 4.78 is 28.4. The highest BCUT2D eigenvalue weighted by atomic mass is 35.5. The number of aliphatic imine (C=N–C) groups is 1. The van der Waals surface area contributed by atoms with E-state index in [2.05, 4.69) is 5.32 Å². The molecule has 3 heterocycles. The highest BCUT2D eigenvalue weighted by molar-refractivity contribution is 7.91. The number of rotatable bonds is 6. The zero-order chi connectivity index (χ0) is 33.2. The lowest BCUT2D eigenvalue weighted by Crippen LogP contribution is -2.48. The molecular formula is C34H27ClN6O5S. The van der Waals surface area contributed by atoms with E-state index in [0.717, 1.165) is 5.56 Å². The van der Waals surface area contributed by atoms with E-state index in [-0.39, 0.29) is 32.3 Å². The van der Waals surface area contributed by atoms with Gasteiger partial charge in [0.05, 0.1) is 43.5 Å². The van der Waals surface area contributed by atoms with Crippen LogP contribution in [-0.2, 0) is 14.6 Å². The molecule has 1 aromatic heterocycles. The Kier molecular flexibility index (Phi) is 7.21. The zero-order valence-electron chi connectivity index (χ0n) is 25.4. The number of benzene rings is 4. The fraction of sp³-hybridized carbons (Fsp3) is 0.147. The second kappa shape index (κ2) is 11.2. The zero-order valence-corrected chi connectivity index (χ0v) is 27.0. The molecule has 0 saturated heterocycles. The molecule has 236 valence electrons. The SMILES string of the molecule is Cc1nn(-c2ccc(S(=O)(=O)c3ccc(C(C)C)cc3)cc2)c2c1[C@@H](c1ccc(Cl)c([N+](=O)[O-])c1)N1C(=N2)C(=O)Nc2ccccc21. The molecular weight excluding hydrogens is 640 g/mol.